The Morgan fingerprint density at radius 2 is 0.986 bits per heavy atom. The van der Waals surface area contributed by atoms with E-state index in [1.807, 2.05) is 0 Å². The number of Topliss-reactive ketones (excluding diaryl/α,β-unsaturated/α-hetero) is 1. The number of nitro groups is 2. The molecule has 29 nitrogen and oxygen atoms in total. The number of hydrogen-bond acceptors (Lipinski definition) is 21. The lowest BCUT2D eigenvalue weighted by atomic mass is 10.1. The van der Waals surface area contributed by atoms with Gasteiger partial charge in [-0.1, -0.05) is 0 Å². The van der Waals surface area contributed by atoms with Gasteiger partial charge in [-0.25, -0.2) is 14.4 Å². The number of nitro benzene ring substituents is 2. The van der Waals surface area contributed by atoms with Crippen LogP contribution in [0, 0.1) is 20.2 Å². The Hall–Kier alpha value is -6.21. The number of ketones is 1. The minimum atomic E-state index is -1.50. The SMILES string of the molecule is O=C(O)CC[C@H](NC(=O)N[C@@H](CCCCNC(=O)CCCOCCOCCOCCOCCOCCOCCOCCOC(=O)CCCOCCCC(=O)CNc1ccc([N+](=O)[O-])cc1[N+](=O)[O-])C(=O)O)C(=O)O. The molecule has 0 aliphatic carbocycles. The maximum atomic E-state index is 12.1. The van der Waals surface area contributed by atoms with Gasteiger partial charge >= 0.3 is 29.9 Å². The largest absolute Gasteiger partial charge is 0.481 e. The number of anilines is 1. The van der Waals surface area contributed by atoms with E-state index in [2.05, 4.69) is 21.3 Å². The number of carbonyl (C=O) groups excluding carboxylic acids is 4. The highest BCUT2D eigenvalue weighted by Gasteiger charge is 2.25. The summed E-state index contributed by atoms with van der Waals surface area (Å²) in [6.45, 7) is 5.74. The minimum Gasteiger partial charge on any atom is -0.481 e. The van der Waals surface area contributed by atoms with Crippen molar-refractivity contribution in [2.75, 3.05) is 131 Å². The van der Waals surface area contributed by atoms with Crippen molar-refractivity contribution >= 4 is 58.7 Å². The average molecular weight is 1070 g/mol. The van der Waals surface area contributed by atoms with Gasteiger partial charge in [0.05, 0.1) is 108 Å². The van der Waals surface area contributed by atoms with Gasteiger partial charge in [-0.2, -0.15) is 0 Å². The van der Waals surface area contributed by atoms with Crippen molar-refractivity contribution in [3.05, 3.63) is 38.4 Å². The van der Waals surface area contributed by atoms with Crippen LogP contribution in [0.1, 0.15) is 70.6 Å². The zero-order chi connectivity index (χ0) is 54.6. The number of benzene rings is 1. The smallest absolute Gasteiger partial charge is 0.326 e. The van der Waals surface area contributed by atoms with E-state index in [1.54, 1.807) is 0 Å². The van der Waals surface area contributed by atoms with Crippen LogP contribution in [0.4, 0.5) is 21.9 Å². The van der Waals surface area contributed by atoms with Gasteiger partial charge in [-0.05, 0) is 51.0 Å². The number of non-ortho nitro benzene ring substituents is 1. The first-order valence-corrected chi connectivity index (χ1v) is 24.1. The van der Waals surface area contributed by atoms with E-state index in [-0.39, 0.29) is 82.4 Å². The van der Waals surface area contributed by atoms with Crippen LogP contribution in [0.15, 0.2) is 18.2 Å². The number of esters is 1. The molecule has 0 saturated heterocycles. The molecule has 0 unspecified atom stereocenters. The van der Waals surface area contributed by atoms with Crippen molar-refractivity contribution in [1.29, 1.82) is 0 Å². The van der Waals surface area contributed by atoms with E-state index in [1.165, 1.54) is 6.07 Å². The normalized spacial score (nSPS) is 11.8. The second-order valence-electron chi connectivity index (χ2n) is 15.7. The average Bonchev–Trinajstić information content (AvgIpc) is 3.35. The molecular formula is C45H72N6O23. The molecule has 1 aromatic carbocycles. The minimum absolute atomic E-state index is 0.00395. The Balaban J connectivity index is 1.83. The lowest BCUT2D eigenvalue weighted by Gasteiger charge is -2.18. The number of amides is 3. The molecule has 1 rings (SSSR count). The molecule has 0 radical (unpaired) electrons. The molecular weight excluding hydrogens is 993 g/mol. The first-order valence-electron chi connectivity index (χ1n) is 24.1. The second kappa shape index (κ2) is 43.2. The van der Waals surface area contributed by atoms with Crippen molar-refractivity contribution in [2.24, 2.45) is 0 Å². The molecule has 1 aromatic rings. The topological polar surface area (TPSA) is 398 Å². The number of nitrogens with zero attached hydrogens (tertiary/aromatic N) is 2. The van der Waals surface area contributed by atoms with Crippen LogP contribution in [0.5, 0.6) is 0 Å². The Kier molecular flexibility index (Phi) is 38.4. The number of aliphatic carboxylic acids is 3. The number of carboxylic acids is 3. The zero-order valence-electron chi connectivity index (χ0n) is 41.5. The Morgan fingerprint density at radius 1 is 0.527 bits per heavy atom. The Labute approximate surface area is 427 Å². The molecule has 29 heteroatoms. The number of carboxylic acid groups (broad SMARTS) is 3. The van der Waals surface area contributed by atoms with Crippen LogP contribution >= 0.6 is 0 Å². The third kappa shape index (κ3) is 36.7. The molecule has 0 spiro atoms. The molecule has 0 aliphatic rings. The predicted molar refractivity (Wildman–Crippen MR) is 257 cm³/mol. The fourth-order valence-electron chi connectivity index (χ4n) is 5.98. The second-order valence-corrected chi connectivity index (χ2v) is 15.7. The molecule has 2 atom stereocenters. The van der Waals surface area contributed by atoms with Gasteiger partial charge in [-0.3, -0.25) is 39.4 Å². The number of urea groups is 1. The molecule has 0 aliphatic heterocycles. The third-order valence-corrected chi connectivity index (χ3v) is 9.79. The standard InChI is InChI=1S/C45H72N6O23/c52-35(33-47-36-11-10-34(50(62)63)32-39(36)51(64)65)6-3-15-66-17-5-9-42(56)74-31-30-73-29-28-72-27-26-71-25-24-70-23-22-69-21-20-68-19-18-67-16-4-8-40(53)46-14-2-1-7-37(43(57)58)48-45(61)49-38(44(59)60)12-13-41(54)55/h10-11,32,37-38,47H,1-9,12-31,33H2,(H,46,53)(H,54,55)(H,57,58)(H,59,60)(H2,48,49,61)/t37-,38-/m0/s1. The molecule has 0 heterocycles. The predicted octanol–water partition coefficient (Wildman–Crippen LogP) is 1.86. The van der Waals surface area contributed by atoms with Crippen molar-refractivity contribution in [1.82, 2.24) is 16.0 Å². The van der Waals surface area contributed by atoms with E-state index in [9.17, 15) is 58.9 Å². The molecule has 0 aromatic heterocycles. The molecule has 0 bridgehead atoms. The number of hydrogen-bond donors (Lipinski definition) is 7. The molecule has 420 valence electrons. The van der Waals surface area contributed by atoms with Crippen molar-refractivity contribution in [2.45, 2.75) is 82.7 Å². The van der Waals surface area contributed by atoms with Gasteiger partial charge in [-0.15, -0.1) is 0 Å². The maximum Gasteiger partial charge on any atom is 0.326 e. The van der Waals surface area contributed by atoms with Gasteiger partial charge in [0.1, 0.15) is 24.4 Å². The number of unbranched alkanes of at least 4 members (excludes halogenated alkanes) is 1. The summed E-state index contributed by atoms with van der Waals surface area (Å²) in [5, 5.41) is 58.9. The first-order chi connectivity index (χ1) is 35.6. The molecule has 74 heavy (non-hydrogen) atoms. The summed E-state index contributed by atoms with van der Waals surface area (Å²) in [5.41, 5.74) is -0.926. The van der Waals surface area contributed by atoms with Gasteiger partial charge in [0, 0.05) is 58.1 Å². The Bertz CT molecular complexity index is 1830. The first kappa shape index (κ1) is 65.8. The van der Waals surface area contributed by atoms with Crippen molar-refractivity contribution in [3.63, 3.8) is 0 Å². The zero-order valence-corrected chi connectivity index (χ0v) is 41.5. The molecule has 0 saturated carbocycles. The van der Waals surface area contributed by atoms with Gasteiger partial charge in [0.25, 0.3) is 11.4 Å². The number of carbonyl (C=O) groups is 7. The number of nitrogens with one attached hydrogen (secondary N) is 4. The van der Waals surface area contributed by atoms with Crippen LogP contribution in [0.25, 0.3) is 0 Å². The number of rotatable bonds is 50. The molecule has 0 fully saturated rings. The van der Waals surface area contributed by atoms with E-state index in [0.717, 1.165) is 12.1 Å². The lowest BCUT2D eigenvalue weighted by Crippen LogP contribution is -2.51. The monoisotopic (exact) mass is 1060 g/mol. The highest BCUT2D eigenvalue weighted by atomic mass is 16.6. The highest BCUT2D eigenvalue weighted by molar-refractivity contribution is 5.86. The quantitative estimate of drug-likeness (QED) is 0.0212. The van der Waals surface area contributed by atoms with E-state index in [0.29, 0.717) is 125 Å². The molecule has 3 amide bonds. The summed E-state index contributed by atoms with van der Waals surface area (Å²) in [5.74, 6) is -4.84. The van der Waals surface area contributed by atoms with E-state index >= 15 is 0 Å². The fraction of sp³-hybridized carbons (Fsp3) is 0.711. The van der Waals surface area contributed by atoms with E-state index in [4.69, 9.17) is 52.8 Å². The summed E-state index contributed by atoms with van der Waals surface area (Å²) < 4.78 is 48.7. The van der Waals surface area contributed by atoms with Crippen molar-refractivity contribution in [3.8, 4) is 0 Å². The number of ether oxygens (including phenoxy) is 9. The molecule has 7 N–H and O–H groups in total. The van der Waals surface area contributed by atoms with Crippen LogP contribution in [-0.2, 0) is 71.4 Å². The van der Waals surface area contributed by atoms with Crippen LogP contribution in [-0.4, -0.2) is 204 Å². The summed E-state index contributed by atoms with van der Waals surface area (Å²) in [4.78, 5) is 102. The van der Waals surface area contributed by atoms with Crippen molar-refractivity contribution < 1.29 is 101 Å². The van der Waals surface area contributed by atoms with Gasteiger partial charge < -0.3 is 79.2 Å². The summed E-state index contributed by atoms with van der Waals surface area (Å²) in [7, 11) is 0. The van der Waals surface area contributed by atoms with Crippen LogP contribution < -0.4 is 21.3 Å². The maximum absolute atomic E-state index is 12.1. The lowest BCUT2D eigenvalue weighted by molar-refractivity contribution is -0.393. The van der Waals surface area contributed by atoms with E-state index < -0.39 is 69.6 Å². The summed E-state index contributed by atoms with van der Waals surface area (Å²) >= 11 is 0. The Morgan fingerprint density at radius 3 is 1.47 bits per heavy atom. The third-order valence-electron chi connectivity index (χ3n) is 9.79. The van der Waals surface area contributed by atoms with Gasteiger partial charge in [0.15, 0.2) is 5.78 Å². The summed E-state index contributed by atoms with van der Waals surface area (Å²) in [6, 6.07) is -0.731. The fourth-order valence-corrected chi connectivity index (χ4v) is 5.98. The highest BCUT2D eigenvalue weighted by Crippen LogP contribution is 2.28. The van der Waals surface area contributed by atoms with Crippen LogP contribution in [0.3, 0.4) is 0 Å². The van der Waals surface area contributed by atoms with Crippen LogP contribution in [0.2, 0.25) is 0 Å². The van der Waals surface area contributed by atoms with Gasteiger partial charge in [0.2, 0.25) is 5.91 Å². The summed E-state index contributed by atoms with van der Waals surface area (Å²) in [6.07, 6.45) is 1.78.